The molecule has 0 saturated carbocycles. The van der Waals surface area contributed by atoms with Crippen molar-refractivity contribution in [2.75, 3.05) is 0 Å². The fourth-order valence-corrected chi connectivity index (χ4v) is 6.36. The van der Waals surface area contributed by atoms with Gasteiger partial charge in [-0.15, -0.1) is 0 Å². The third-order valence-electron chi connectivity index (χ3n) is 8.76. The molecule has 0 spiro atoms. The molecule has 0 amide bonds. The van der Waals surface area contributed by atoms with E-state index in [1.54, 1.807) is 31.2 Å². The predicted octanol–water partition coefficient (Wildman–Crippen LogP) is 7.91. The van der Waals surface area contributed by atoms with Gasteiger partial charge in [0.1, 0.15) is 40.2 Å². The number of allylic oxidation sites excluding steroid dienone is 4. The number of phenolic OH excluding ortho intramolecular Hbond substituents is 7. The van der Waals surface area contributed by atoms with Gasteiger partial charge >= 0.3 is 0 Å². The number of ketones is 2. The number of hydrogen-bond acceptors (Lipinski definition) is 9. The van der Waals surface area contributed by atoms with Crippen LogP contribution in [0, 0.1) is 11.8 Å². The molecule has 0 unspecified atom stereocenters. The Morgan fingerprint density at radius 2 is 1.39 bits per heavy atom. The van der Waals surface area contributed by atoms with Gasteiger partial charge in [0.05, 0.1) is 16.7 Å². The van der Waals surface area contributed by atoms with Gasteiger partial charge in [-0.2, -0.15) is 0 Å². The Morgan fingerprint density at radius 3 is 2.06 bits per heavy atom. The van der Waals surface area contributed by atoms with E-state index < -0.39 is 40.8 Å². The highest BCUT2D eigenvalue weighted by Gasteiger charge is 2.43. The first-order valence-corrected chi connectivity index (χ1v) is 15.8. The van der Waals surface area contributed by atoms with Crippen molar-refractivity contribution >= 4 is 23.7 Å². The summed E-state index contributed by atoms with van der Waals surface area (Å²) in [6, 6.07) is 15.3. The molecule has 0 aromatic heterocycles. The Kier molecular flexibility index (Phi) is 9.84. The number of carbonyl (C=O) groups excluding carboxylic acids is 2. The molecule has 0 bridgehead atoms. The van der Waals surface area contributed by atoms with Crippen LogP contribution in [0.25, 0.3) is 12.2 Å². The van der Waals surface area contributed by atoms with E-state index in [9.17, 15) is 45.3 Å². The van der Waals surface area contributed by atoms with Crippen LogP contribution in [0.3, 0.4) is 0 Å². The van der Waals surface area contributed by atoms with Crippen molar-refractivity contribution in [2.24, 2.45) is 11.8 Å². The van der Waals surface area contributed by atoms with Gasteiger partial charge in [0.2, 0.25) is 0 Å². The van der Waals surface area contributed by atoms with Crippen molar-refractivity contribution in [3.05, 3.63) is 124 Å². The Hall–Kier alpha value is -5.96. The van der Waals surface area contributed by atoms with E-state index in [-0.39, 0.29) is 63.3 Å². The molecule has 5 rings (SSSR count). The average molecular weight is 663 g/mol. The zero-order valence-electron chi connectivity index (χ0n) is 27.2. The molecule has 9 heteroatoms. The first-order chi connectivity index (χ1) is 23.3. The monoisotopic (exact) mass is 662 g/mol. The summed E-state index contributed by atoms with van der Waals surface area (Å²) in [6.07, 6.45) is 8.00. The molecule has 4 aromatic rings. The maximum Gasteiger partial charge on any atom is 0.189 e. The van der Waals surface area contributed by atoms with Crippen LogP contribution in [-0.2, 0) is 0 Å². The summed E-state index contributed by atoms with van der Waals surface area (Å²) in [4.78, 5) is 28.1. The summed E-state index contributed by atoms with van der Waals surface area (Å²) >= 11 is 0. The third-order valence-corrected chi connectivity index (χ3v) is 8.76. The van der Waals surface area contributed by atoms with E-state index in [0.29, 0.717) is 11.1 Å². The minimum absolute atomic E-state index is 0.0429. The van der Waals surface area contributed by atoms with Gasteiger partial charge in [-0.25, -0.2) is 0 Å². The smallest absolute Gasteiger partial charge is 0.189 e. The number of hydrogen-bond donors (Lipinski definition) is 7. The van der Waals surface area contributed by atoms with E-state index >= 15 is 0 Å². The fourth-order valence-electron chi connectivity index (χ4n) is 6.36. The molecular weight excluding hydrogens is 624 g/mol. The average Bonchev–Trinajstić information content (AvgIpc) is 3.04. The van der Waals surface area contributed by atoms with Crippen LogP contribution in [0.15, 0.2) is 90.5 Å². The molecular formula is C40H38O9. The van der Waals surface area contributed by atoms with Crippen LogP contribution in [0.1, 0.15) is 82.0 Å². The molecule has 0 radical (unpaired) electrons. The van der Waals surface area contributed by atoms with E-state index in [2.05, 4.69) is 0 Å². The fraction of sp³-hybridized carbons (Fsp3) is 0.200. The van der Waals surface area contributed by atoms with Crippen molar-refractivity contribution in [2.45, 2.75) is 39.0 Å². The highest BCUT2D eigenvalue weighted by atomic mass is 16.3. The molecule has 0 aliphatic heterocycles. The summed E-state index contributed by atoms with van der Waals surface area (Å²) in [6.45, 7) is 5.63. The molecule has 1 aliphatic rings. The van der Waals surface area contributed by atoms with Crippen LogP contribution in [0.4, 0.5) is 0 Å². The van der Waals surface area contributed by atoms with Gasteiger partial charge < -0.3 is 35.7 Å². The van der Waals surface area contributed by atoms with Gasteiger partial charge in [-0.1, -0.05) is 61.9 Å². The number of aromatic hydroxyl groups is 7. The van der Waals surface area contributed by atoms with Gasteiger partial charge in [-0.05, 0) is 78.9 Å². The van der Waals surface area contributed by atoms with E-state index in [1.807, 2.05) is 13.8 Å². The summed E-state index contributed by atoms with van der Waals surface area (Å²) < 4.78 is 0. The zero-order valence-corrected chi connectivity index (χ0v) is 27.2. The second-order valence-electron chi connectivity index (χ2n) is 12.7. The SMILES string of the molecule is CC1=C[C@H](c2c(O)ccc(C(=O)/C=C/c3ccc(O)cc3)c2O)[C@H](C(=O)c2ccc(O)c(/C=C/C(C)C)c2O)[C@@H](c2ccc(O)cc2O)C1. The Morgan fingerprint density at radius 1 is 0.735 bits per heavy atom. The zero-order chi connectivity index (χ0) is 35.6. The van der Waals surface area contributed by atoms with E-state index in [0.717, 1.165) is 11.6 Å². The van der Waals surface area contributed by atoms with Crippen molar-refractivity contribution in [1.29, 1.82) is 0 Å². The van der Waals surface area contributed by atoms with Crippen molar-refractivity contribution < 1.29 is 45.3 Å². The van der Waals surface area contributed by atoms with Crippen molar-refractivity contribution in [3.8, 4) is 40.2 Å². The van der Waals surface area contributed by atoms with Crippen molar-refractivity contribution in [1.82, 2.24) is 0 Å². The second kappa shape index (κ2) is 14.0. The van der Waals surface area contributed by atoms with Gasteiger partial charge in [0.15, 0.2) is 11.6 Å². The third kappa shape index (κ3) is 7.16. The number of benzene rings is 4. The van der Waals surface area contributed by atoms with Crippen LogP contribution in [0.5, 0.6) is 40.2 Å². The Bertz CT molecular complexity index is 2000. The Labute approximate surface area is 283 Å². The summed E-state index contributed by atoms with van der Waals surface area (Å²) in [5.41, 5.74) is 1.37. The molecule has 0 saturated heterocycles. The van der Waals surface area contributed by atoms with Gasteiger partial charge in [-0.3, -0.25) is 9.59 Å². The first-order valence-electron chi connectivity index (χ1n) is 15.8. The standard InChI is InChI=1S/C40H38O9/c1-21(2)4-11-27-33(44)16-14-29(38(27)47)40(49)36-30(26-12-10-25(42)20-35(26)46)18-22(3)19-31(36)37-34(45)17-13-28(39(37)48)32(43)15-7-23-5-8-24(41)9-6-23/h4-17,19-21,30-31,36,41-42,44-48H,18H2,1-3H3/b11-4+,15-7+/t30-,31+,36-/m1/s1. The number of carbonyl (C=O) groups is 2. The van der Waals surface area contributed by atoms with Crippen LogP contribution >= 0.6 is 0 Å². The minimum Gasteiger partial charge on any atom is -0.508 e. The summed E-state index contributed by atoms with van der Waals surface area (Å²) in [5, 5.41) is 75.3. The largest absolute Gasteiger partial charge is 0.508 e. The highest BCUT2D eigenvalue weighted by Crippen LogP contribution is 2.53. The lowest BCUT2D eigenvalue weighted by molar-refractivity contribution is 0.0876. The second-order valence-corrected chi connectivity index (χ2v) is 12.7. The highest BCUT2D eigenvalue weighted by molar-refractivity contribution is 6.09. The molecule has 3 atom stereocenters. The molecule has 49 heavy (non-hydrogen) atoms. The lowest BCUT2D eigenvalue weighted by Gasteiger charge is -2.37. The molecule has 4 aromatic carbocycles. The molecule has 7 N–H and O–H groups in total. The quantitative estimate of drug-likeness (QED) is 0.0533. The van der Waals surface area contributed by atoms with Crippen LogP contribution < -0.4 is 0 Å². The molecule has 1 aliphatic carbocycles. The minimum atomic E-state index is -1.16. The lowest BCUT2D eigenvalue weighted by atomic mass is 9.65. The topological polar surface area (TPSA) is 176 Å². The molecule has 252 valence electrons. The summed E-state index contributed by atoms with van der Waals surface area (Å²) in [7, 11) is 0. The van der Waals surface area contributed by atoms with Crippen LogP contribution in [0.2, 0.25) is 0 Å². The van der Waals surface area contributed by atoms with Gasteiger partial charge in [0.25, 0.3) is 0 Å². The molecule has 9 nitrogen and oxygen atoms in total. The van der Waals surface area contributed by atoms with Crippen LogP contribution in [-0.4, -0.2) is 47.3 Å². The number of phenols is 7. The summed E-state index contributed by atoms with van der Waals surface area (Å²) in [5.74, 6) is -6.14. The normalized spacial score (nSPS) is 17.9. The maximum absolute atomic E-state index is 14.7. The van der Waals surface area contributed by atoms with E-state index in [1.165, 1.54) is 66.8 Å². The number of rotatable bonds is 9. The predicted molar refractivity (Wildman–Crippen MR) is 186 cm³/mol. The van der Waals surface area contributed by atoms with Gasteiger partial charge in [0, 0.05) is 29.4 Å². The van der Waals surface area contributed by atoms with E-state index in [4.69, 9.17) is 0 Å². The lowest BCUT2D eigenvalue weighted by Crippen LogP contribution is -2.32. The molecule has 0 heterocycles. The Balaban J connectivity index is 1.68. The first kappa shape index (κ1) is 34.4. The molecule has 0 fully saturated rings. The van der Waals surface area contributed by atoms with Crippen molar-refractivity contribution in [3.63, 3.8) is 0 Å². The number of Topliss-reactive ketones (excluding diaryl/α,β-unsaturated/α-hetero) is 1. The maximum atomic E-state index is 14.7.